The maximum absolute atomic E-state index is 5.57. The van der Waals surface area contributed by atoms with Gasteiger partial charge in [-0.25, -0.2) is 0 Å². The molecule has 0 aromatic rings. The van der Waals surface area contributed by atoms with E-state index in [4.69, 9.17) is 11.5 Å². The first-order valence-electron chi connectivity index (χ1n) is 2.90. The van der Waals surface area contributed by atoms with E-state index in [0.717, 1.165) is 16.8 Å². The van der Waals surface area contributed by atoms with Gasteiger partial charge in [-0.15, -0.1) is 0 Å². The largest absolute Gasteiger partial charge is 0.399 e. The average Bonchev–Trinajstić information content (AvgIpc) is 1.84. The summed E-state index contributed by atoms with van der Waals surface area (Å²) in [5.74, 6) is 0. The lowest BCUT2D eigenvalue weighted by Crippen LogP contribution is -2.11. The van der Waals surface area contributed by atoms with Crippen molar-refractivity contribution in [2.24, 2.45) is 11.5 Å². The lowest BCUT2D eigenvalue weighted by atomic mass is 10.1. The quantitative estimate of drug-likeness (QED) is 0.536. The van der Waals surface area contributed by atoms with Gasteiger partial charge in [0.1, 0.15) is 0 Å². The molecular formula is C7H14N2. The molecule has 0 radical (unpaired) electrons. The number of allylic oxidation sites excluding steroid dienone is 1. The van der Waals surface area contributed by atoms with Crippen molar-refractivity contribution in [1.82, 2.24) is 0 Å². The van der Waals surface area contributed by atoms with Crippen LogP contribution in [0.2, 0.25) is 0 Å². The van der Waals surface area contributed by atoms with Crippen LogP contribution >= 0.6 is 0 Å². The zero-order chi connectivity index (χ0) is 7.44. The van der Waals surface area contributed by atoms with Crippen LogP contribution in [0.5, 0.6) is 0 Å². The first kappa shape index (κ1) is 8.24. The molecular weight excluding hydrogens is 112 g/mol. The van der Waals surface area contributed by atoms with E-state index in [0.29, 0.717) is 6.54 Å². The van der Waals surface area contributed by atoms with E-state index in [9.17, 15) is 0 Å². The maximum atomic E-state index is 5.57. The highest BCUT2D eigenvalue weighted by Gasteiger charge is 1.94. The summed E-state index contributed by atoms with van der Waals surface area (Å²) in [7, 11) is 0. The van der Waals surface area contributed by atoms with Crippen LogP contribution in [0.1, 0.15) is 13.8 Å². The summed E-state index contributed by atoms with van der Waals surface area (Å²) >= 11 is 0. The molecule has 2 nitrogen and oxygen atoms in total. The third-order valence-corrected chi connectivity index (χ3v) is 1.17. The van der Waals surface area contributed by atoms with Gasteiger partial charge >= 0.3 is 0 Å². The van der Waals surface area contributed by atoms with Gasteiger partial charge in [0.15, 0.2) is 0 Å². The van der Waals surface area contributed by atoms with E-state index in [1.54, 1.807) is 0 Å². The minimum atomic E-state index is 0.441. The molecule has 52 valence electrons. The molecule has 0 unspecified atom stereocenters. The second-order valence-electron chi connectivity index (χ2n) is 2.22. The van der Waals surface area contributed by atoms with Gasteiger partial charge in [0.25, 0.3) is 0 Å². The Kier molecular flexibility index (Phi) is 3.02. The Bertz CT molecular complexity index is 141. The summed E-state index contributed by atoms with van der Waals surface area (Å²) in [6.45, 7) is 8.01. The van der Waals surface area contributed by atoms with Gasteiger partial charge in [-0.2, -0.15) is 0 Å². The fourth-order valence-electron chi connectivity index (χ4n) is 0.464. The van der Waals surface area contributed by atoms with Crippen LogP contribution in [0.15, 0.2) is 23.4 Å². The van der Waals surface area contributed by atoms with Gasteiger partial charge in [-0.3, -0.25) is 0 Å². The highest BCUT2D eigenvalue weighted by atomic mass is 14.6. The molecule has 0 aliphatic rings. The molecule has 0 bridgehead atoms. The first-order valence-corrected chi connectivity index (χ1v) is 2.90. The summed E-state index contributed by atoms with van der Waals surface area (Å²) in [4.78, 5) is 0. The Morgan fingerprint density at radius 1 is 1.44 bits per heavy atom. The Hall–Kier alpha value is -0.760. The molecule has 2 heteroatoms. The molecule has 0 fully saturated rings. The molecule has 0 heterocycles. The van der Waals surface area contributed by atoms with Gasteiger partial charge in [0, 0.05) is 12.2 Å². The monoisotopic (exact) mass is 126 g/mol. The van der Waals surface area contributed by atoms with Crippen molar-refractivity contribution in [1.29, 1.82) is 0 Å². The molecule has 0 atom stereocenters. The molecule has 0 rings (SSSR count). The maximum Gasteiger partial charge on any atom is 0.0339 e. The van der Waals surface area contributed by atoms with E-state index in [2.05, 4.69) is 6.58 Å². The highest BCUT2D eigenvalue weighted by Crippen LogP contribution is 2.03. The second-order valence-corrected chi connectivity index (χ2v) is 2.22. The second kappa shape index (κ2) is 3.30. The average molecular weight is 126 g/mol. The molecule has 0 saturated carbocycles. The predicted molar refractivity (Wildman–Crippen MR) is 40.8 cm³/mol. The fourth-order valence-corrected chi connectivity index (χ4v) is 0.464. The summed E-state index contributed by atoms with van der Waals surface area (Å²) in [5, 5.41) is 0. The number of hydrogen-bond acceptors (Lipinski definition) is 2. The Balaban J connectivity index is 4.21. The Morgan fingerprint density at radius 3 is 2.00 bits per heavy atom. The summed E-state index contributed by atoms with van der Waals surface area (Å²) in [6, 6.07) is 0. The van der Waals surface area contributed by atoms with Gasteiger partial charge in [0.05, 0.1) is 0 Å². The number of hydrogen-bond donors (Lipinski definition) is 2. The predicted octanol–water partition coefficient (Wildman–Crippen LogP) is 0.754. The number of nitrogens with two attached hydrogens (primary N) is 2. The third kappa shape index (κ3) is 2.33. The standard InChI is InChI=1S/C7H14N2/c1-5(2)7(9)6(3)4-8/h3-4,8-9H2,1-2H3. The molecule has 4 N–H and O–H groups in total. The zero-order valence-electron chi connectivity index (χ0n) is 6.07. The van der Waals surface area contributed by atoms with Crippen molar-refractivity contribution in [3.8, 4) is 0 Å². The van der Waals surface area contributed by atoms with Crippen LogP contribution < -0.4 is 11.5 Å². The minimum absolute atomic E-state index is 0.441. The number of rotatable bonds is 2. The van der Waals surface area contributed by atoms with Gasteiger partial charge in [-0.1, -0.05) is 12.2 Å². The van der Waals surface area contributed by atoms with E-state index < -0.39 is 0 Å². The summed E-state index contributed by atoms with van der Waals surface area (Å²) < 4.78 is 0. The molecule has 0 amide bonds. The Morgan fingerprint density at radius 2 is 1.89 bits per heavy atom. The molecule has 0 spiro atoms. The summed E-state index contributed by atoms with van der Waals surface area (Å²) in [6.07, 6.45) is 0. The third-order valence-electron chi connectivity index (χ3n) is 1.17. The van der Waals surface area contributed by atoms with E-state index in [1.165, 1.54) is 0 Å². The fraction of sp³-hybridized carbons (Fsp3) is 0.429. The molecule has 0 aromatic heterocycles. The lowest BCUT2D eigenvalue weighted by molar-refractivity contribution is 1.10. The van der Waals surface area contributed by atoms with Crippen LogP contribution in [0.25, 0.3) is 0 Å². The lowest BCUT2D eigenvalue weighted by Gasteiger charge is -2.03. The van der Waals surface area contributed by atoms with Crippen molar-refractivity contribution < 1.29 is 0 Å². The van der Waals surface area contributed by atoms with Crippen molar-refractivity contribution in [2.45, 2.75) is 13.8 Å². The minimum Gasteiger partial charge on any atom is -0.399 e. The van der Waals surface area contributed by atoms with Gasteiger partial charge in [-0.05, 0) is 19.4 Å². The van der Waals surface area contributed by atoms with Crippen LogP contribution in [-0.4, -0.2) is 6.54 Å². The van der Waals surface area contributed by atoms with Crippen LogP contribution in [-0.2, 0) is 0 Å². The van der Waals surface area contributed by atoms with Gasteiger partial charge in [0.2, 0.25) is 0 Å². The molecule has 9 heavy (non-hydrogen) atoms. The van der Waals surface area contributed by atoms with Crippen LogP contribution in [0, 0.1) is 0 Å². The van der Waals surface area contributed by atoms with Crippen LogP contribution in [0.4, 0.5) is 0 Å². The molecule has 0 aliphatic carbocycles. The van der Waals surface area contributed by atoms with Crippen molar-refractivity contribution in [3.05, 3.63) is 23.4 Å². The van der Waals surface area contributed by atoms with Gasteiger partial charge < -0.3 is 11.5 Å². The van der Waals surface area contributed by atoms with Crippen LogP contribution in [0.3, 0.4) is 0 Å². The van der Waals surface area contributed by atoms with Crippen molar-refractivity contribution >= 4 is 0 Å². The highest BCUT2D eigenvalue weighted by molar-refractivity contribution is 5.29. The molecule has 0 saturated heterocycles. The van der Waals surface area contributed by atoms with Crippen molar-refractivity contribution in [3.63, 3.8) is 0 Å². The summed E-state index contributed by atoms with van der Waals surface area (Å²) in [5.41, 5.74) is 13.5. The molecule has 0 aliphatic heterocycles. The molecule has 0 aromatic carbocycles. The first-order chi connectivity index (χ1) is 4.09. The smallest absolute Gasteiger partial charge is 0.0339 e. The van der Waals surface area contributed by atoms with E-state index >= 15 is 0 Å². The SMILES string of the molecule is C=C(CN)C(N)=C(C)C. The zero-order valence-corrected chi connectivity index (χ0v) is 6.07. The topological polar surface area (TPSA) is 52.0 Å². The van der Waals surface area contributed by atoms with E-state index in [1.807, 2.05) is 13.8 Å². The van der Waals surface area contributed by atoms with Crippen molar-refractivity contribution in [2.75, 3.05) is 6.54 Å². The Labute approximate surface area is 56.2 Å². The van der Waals surface area contributed by atoms with E-state index in [-0.39, 0.29) is 0 Å². The normalized spacial score (nSPS) is 8.78.